The summed E-state index contributed by atoms with van der Waals surface area (Å²) in [6.07, 6.45) is 7.44. The maximum absolute atomic E-state index is 10.5. The quantitative estimate of drug-likeness (QED) is 0.546. The minimum absolute atomic E-state index is 0.190. The summed E-state index contributed by atoms with van der Waals surface area (Å²) in [4.78, 5) is 10.5. The third-order valence-corrected chi connectivity index (χ3v) is 3.21. The molecule has 0 saturated heterocycles. The molecular formula is C9H14O. The molecule has 0 amide bonds. The third kappa shape index (κ3) is 0.561. The van der Waals surface area contributed by atoms with Gasteiger partial charge in [-0.2, -0.15) is 0 Å². The maximum Gasteiger partial charge on any atom is 0.126 e. The van der Waals surface area contributed by atoms with Gasteiger partial charge in [0.05, 0.1) is 0 Å². The van der Waals surface area contributed by atoms with E-state index in [1.54, 1.807) is 0 Å². The highest BCUT2D eigenvalue weighted by atomic mass is 16.1. The van der Waals surface area contributed by atoms with E-state index < -0.39 is 0 Å². The molecule has 0 atom stereocenters. The molecule has 0 heterocycles. The van der Waals surface area contributed by atoms with Crippen molar-refractivity contribution in [1.82, 2.24) is 0 Å². The van der Waals surface area contributed by atoms with Gasteiger partial charge in [-0.15, -0.1) is 0 Å². The first kappa shape index (κ1) is 6.38. The molecule has 0 aromatic carbocycles. The molecule has 2 bridgehead atoms. The van der Waals surface area contributed by atoms with E-state index in [1.807, 2.05) is 0 Å². The van der Waals surface area contributed by atoms with E-state index in [0.717, 1.165) is 0 Å². The van der Waals surface area contributed by atoms with Crippen LogP contribution in [0.4, 0.5) is 0 Å². The van der Waals surface area contributed by atoms with Crippen LogP contribution in [0.3, 0.4) is 0 Å². The molecule has 0 unspecified atom stereocenters. The Hall–Kier alpha value is -0.330. The fraction of sp³-hybridized carbons (Fsp3) is 0.889. The van der Waals surface area contributed by atoms with E-state index in [1.165, 1.54) is 38.4 Å². The summed E-state index contributed by atoms with van der Waals surface area (Å²) in [5, 5.41) is 0. The normalized spacial score (nSPS) is 49.3. The van der Waals surface area contributed by atoms with Crippen LogP contribution in [-0.2, 0) is 4.79 Å². The lowest BCUT2D eigenvalue weighted by atomic mass is 9.35. The number of hydrogen-bond donors (Lipinski definition) is 0. The predicted octanol–water partition coefficient (Wildman–Crippen LogP) is 2.16. The Morgan fingerprint density at radius 1 is 1.40 bits per heavy atom. The van der Waals surface area contributed by atoms with Gasteiger partial charge in [0.15, 0.2) is 0 Å². The number of carbonyl (C=O) groups is 1. The molecule has 10 heavy (non-hydrogen) atoms. The second kappa shape index (κ2) is 1.63. The zero-order valence-corrected chi connectivity index (χ0v) is 6.52. The molecule has 3 fully saturated rings. The molecule has 0 N–H and O–H groups in total. The van der Waals surface area contributed by atoms with Crippen LogP contribution in [0.2, 0.25) is 0 Å². The Balaban J connectivity index is 1.91. The second-order valence-electron chi connectivity index (χ2n) is 4.26. The van der Waals surface area contributed by atoms with Crippen molar-refractivity contribution in [1.29, 1.82) is 0 Å². The van der Waals surface area contributed by atoms with Crippen LogP contribution in [0.25, 0.3) is 0 Å². The Kier molecular flexibility index (Phi) is 1.04. The lowest BCUT2D eigenvalue weighted by molar-refractivity contribution is -0.196. The smallest absolute Gasteiger partial charge is 0.126 e. The number of carbonyl (C=O) groups excluding carboxylic acids is 1. The first-order valence-corrected chi connectivity index (χ1v) is 4.21. The van der Waals surface area contributed by atoms with Crippen molar-refractivity contribution in [2.75, 3.05) is 0 Å². The molecule has 0 spiro atoms. The van der Waals surface area contributed by atoms with Gasteiger partial charge in [-0.05, 0) is 31.1 Å². The van der Waals surface area contributed by atoms with E-state index in [4.69, 9.17) is 0 Å². The van der Waals surface area contributed by atoms with E-state index in [9.17, 15) is 4.79 Å². The highest BCUT2D eigenvalue weighted by Crippen LogP contribution is 2.73. The van der Waals surface area contributed by atoms with Crippen molar-refractivity contribution in [3.05, 3.63) is 0 Å². The monoisotopic (exact) mass is 138 g/mol. The van der Waals surface area contributed by atoms with E-state index >= 15 is 0 Å². The van der Waals surface area contributed by atoms with Gasteiger partial charge in [0, 0.05) is 5.41 Å². The zero-order chi connectivity index (χ0) is 7.24. The average molecular weight is 138 g/mol. The number of hydrogen-bond acceptors (Lipinski definition) is 1. The molecule has 3 aliphatic rings. The lowest BCUT2D eigenvalue weighted by Gasteiger charge is -2.68. The van der Waals surface area contributed by atoms with Crippen molar-refractivity contribution in [3.8, 4) is 0 Å². The van der Waals surface area contributed by atoms with Crippen molar-refractivity contribution in [3.63, 3.8) is 0 Å². The summed E-state index contributed by atoms with van der Waals surface area (Å²) in [5.41, 5.74) is 0.838. The van der Waals surface area contributed by atoms with E-state index in [2.05, 4.69) is 6.92 Å². The van der Waals surface area contributed by atoms with Gasteiger partial charge in [-0.25, -0.2) is 0 Å². The average Bonchev–Trinajstić information content (AvgIpc) is 1.74. The maximum atomic E-state index is 10.5. The van der Waals surface area contributed by atoms with Crippen molar-refractivity contribution < 1.29 is 4.79 Å². The van der Waals surface area contributed by atoms with Gasteiger partial charge in [0.2, 0.25) is 0 Å². The van der Waals surface area contributed by atoms with Crippen LogP contribution in [0.5, 0.6) is 0 Å². The molecule has 1 heteroatoms. The summed E-state index contributed by atoms with van der Waals surface area (Å²) in [6.45, 7) is 2.23. The van der Waals surface area contributed by atoms with E-state index in [0.29, 0.717) is 5.41 Å². The van der Waals surface area contributed by atoms with Crippen LogP contribution in [0.1, 0.15) is 39.0 Å². The molecule has 0 radical (unpaired) electrons. The van der Waals surface area contributed by atoms with Crippen molar-refractivity contribution in [2.45, 2.75) is 39.0 Å². The summed E-state index contributed by atoms with van der Waals surface area (Å²) < 4.78 is 0. The predicted molar refractivity (Wildman–Crippen MR) is 39.7 cm³/mol. The SMILES string of the molecule is CCCC12CC(C=O)(C1)C2. The first-order valence-electron chi connectivity index (χ1n) is 4.21. The van der Waals surface area contributed by atoms with Crippen molar-refractivity contribution >= 4 is 6.29 Å². The Morgan fingerprint density at radius 2 is 2.00 bits per heavy atom. The van der Waals surface area contributed by atoms with Crippen LogP contribution in [0, 0.1) is 10.8 Å². The number of rotatable bonds is 3. The summed E-state index contributed by atoms with van der Waals surface area (Å²) >= 11 is 0. The van der Waals surface area contributed by atoms with Gasteiger partial charge >= 0.3 is 0 Å². The molecule has 3 rings (SSSR count). The molecular weight excluding hydrogens is 124 g/mol. The minimum atomic E-state index is 0.190. The van der Waals surface area contributed by atoms with Gasteiger partial charge in [0.25, 0.3) is 0 Å². The summed E-state index contributed by atoms with van der Waals surface area (Å²) in [5.74, 6) is 0. The van der Waals surface area contributed by atoms with Crippen LogP contribution in [0.15, 0.2) is 0 Å². The van der Waals surface area contributed by atoms with Crippen LogP contribution in [-0.4, -0.2) is 6.29 Å². The topological polar surface area (TPSA) is 17.1 Å². The molecule has 0 aromatic rings. The summed E-state index contributed by atoms with van der Waals surface area (Å²) in [7, 11) is 0. The fourth-order valence-corrected chi connectivity index (χ4v) is 3.01. The molecule has 0 aromatic heterocycles. The first-order chi connectivity index (χ1) is 4.74. The fourth-order valence-electron chi connectivity index (χ4n) is 3.01. The van der Waals surface area contributed by atoms with Gasteiger partial charge in [-0.3, -0.25) is 0 Å². The molecule has 3 saturated carbocycles. The number of aldehydes is 1. The highest BCUT2D eigenvalue weighted by molar-refractivity contribution is 5.66. The highest BCUT2D eigenvalue weighted by Gasteiger charge is 2.66. The lowest BCUT2D eigenvalue weighted by Crippen LogP contribution is -2.62. The Morgan fingerprint density at radius 3 is 2.40 bits per heavy atom. The van der Waals surface area contributed by atoms with Crippen LogP contribution >= 0.6 is 0 Å². The second-order valence-corrected chi connectivity index (χ2v) is 4.26. The molecule has 56 valence electrons. The van der Waals surface area contributed by atoms with E-state index in [-0.39, 0.29) is 5.41 Å². The van der Waals surface area contributed by atoms with Crippen LogP contribution < -0.4 is 0 Å². The van der Waals surface area contributed by atoms with Gasteiger partial charge in [0.1, 0.15) is 6.29 Å². The molecule has 3 aliphatic carbocycles. The molecule has 1 nitrogen and oxygen atoms in total. The Labute approximate surface area is 61.8 Å². The van der Waals surface area contributed by atoms with Gasteiger partial charge < -0.3 is 4.79 Å². The van der Waals surface area contributed by atoms with Gasteiger partial charge in [-0.1, -0.05) is 13.3 Å². The summed E-state index contributed by atoms with van der Waals surface area (Å²) in [6, 6.07) is 0. The minimum Gasteiger partial charge on any atom is -0.303 e. The standard InChI is InChI=1S/C9H14O/c1-2-3-8-4-9(5-8,6-8)7-10/h7H,2-6H2,1H3. The zero-order valence-electron chi connectivity index (χ0n) is 6.52. The Bertz CT molecular complexity index is 152. The largest absolute Gasteiger partial charge is 0.303 e. The third-order valence-electron chi connectivity index (χ3n) is 3.21. The molecule has 0 aliphatic heterocycles. The van der Waals surface area contributed by atoms with Crippen molar-refractivity contribution in [2.24, 2.45) is 10.8 Å².